The van der Waals surface area contributed by atoms with Crippen LogP contribution in [0.4, 0.5) is 0 Å². The maximum atomic E-state index is 11.3. The summed E-state index contributed by atoms with van der Waals surface area (Å²) in [7, 11) is 1.28. The van der Waals surface area contributed by atoms with Gasteiger partial charge in [-0.1, -0.05) is 0 Å². The third-order valence-electron chi connectivity index (χ3n) is 1.97. The molecular weight excluding hydrogens is 184 g/mol. The first kappa shape index (κ1) is 10.4. The second-order valence-electron chi connectivity index (χ2n) is 2.77. The van der Waals surface area contributed by atoms with Gasteiger partial charge in [-0.15, -0.1) is 0 Å². The monoisotopic (exact) mass is 196 g/mol. The molecule has 0 bridgehead atoms. The average Bonchev–Trinajstić information content (AvgIpc) is 2.53. The Bertz CT molecular complexity index is 368. The number of nitrogens with zero attached hydrogens (tertiary/aromatic N) is 2. The van der Waals surface area contributed by atoms with Crippen LogP contribution in [0.3, 0.4) is 0 Å². The molecule has 1 heterocycles. The van der Waals surface area contributed by atoms with E-state index in [9.17, 15) is 9.59 Å². The molecule has 0 radical (unpaired) electrons. The average molecular weight is 196 g/mol. The Morgan fingerprint density at radius 1 is 1.64 bits per heavy atom. The number of hydrogen-bond acceptors (Lipinski definition) is 4. The quantitative estimate of drug-likeness (QED) is 0.530. The number of aromatic nitrogens is 2. The van der Waals surface area contributed by atoms with Gasteiger partial charge in [0.2, 0.25) is 0 Å². The molecule has 0 spiro atoms. The molecule has 0 aromatic carbocycles. The topological polar surface area (TPSA) is 61.2 Å². The number of methoxy groups -OCH3 is 1. The molecule has 0 fully saturated rings. The van der Waals surface area contributed by atoms with Crippen molar-refractivity contribution in [2.24, 2.45) is 0 Å². The highest BCUT2D eigenvalue weighted by atomic mass is 16.5. The normalized spacial score (nSPS) is 9.93. The van der Waals surface area contributed by atoms with Gasteiger partial charge in [0.05, 0.1) is 12.8 Å². The van der Waals surface area contributed by atoms with Crippen molar-refractivity contribution < 1.29 is 14.3 Å². The molecule has 0 atom stereocenters. The fourth-order valence-electron chi connectivity index (χ4n) is 1.31. The summed E-state index contributed by atoms with van der Waals surface area (Å²) in [6.07, 6.45) is 0.621. The molecular formula is C9H12N2O3. The molecule has 0 aliphatic carbocycles. The van der Waals surface area contributed by atoms with Gasteiger partial charge in [0, 0.05) is 6.54 Å². The van der Waals surface area contributed by atoms with E-state index >= 15 is 0 Å². The molecule has 5 heteroatoms. The van der Waals surface area contributed by atoms with Crippen molar-refractivity contribution in [2.75, 3.05) is 7.11 Å². The van der Waals surface area contributed by atoms with E-state index in [1.165, 1.54) is 11.8 Å². The lowest BCUT2D eigenvalue weighted by Crippen LogP contribution is -2.08. The highest BCUT2D eigenvalue weighted by Gasteiger charge is 2.20. The molecule has 76 valence electrons. The molecule has 0 aliphatic rings. The fourth-order valence-corrected chi connectivity index (χ4v) is 1.31. The predicted molar refractivity (Wildman–Crippen MR) is 49.4 cm³/mol. The Morgan fingerprint density at radius 2 is 2.29 bits per heavy atom. The van der Waals surface area contributed by atoms with Crippen LogP contribution in [-0.2, 0) is 11.3 Å². The molecule has 1 aromatic rings. The largest absolute Gasteiger partial charge is 0.465 e. The van der Waals surface area contributed by atoms with E-state index in [4.69, 9.17) is 0 Å². The number of aldehydes is 1. The zero-order valence-corrected chi connectivity index (χ0v) is 8.40. The minimum atomic E-state index is -0.524. The van der Waals surface area contributed by atoms with Crippen LogP contribution < -0.4 is 0 Å². The van der Waals surface area contributed by atoms with Gasteiger partial charge in [-0.2, -0.15) is 5.10 Å². The van der Waals surface area contributed by atoms with E-state index in [-0.39, 0.29) is 11.3 Å². The number of ether oxygens (including phenoxy) is 1. The van der Waals surface area contributed by atoms with E-state index in [2.05, 4.69) is 9.84 Å². The number of carbonyl (C=O) groups excluding carboxylic acids is 2. The summed E-state index contributed by atoms with van der Waals surface area (Å²) in [6.45, 7) is 4.07. The van der Waals surface area contributed by atoms with Gasteiger partial charge >= 0.3 is 5.97 Å². The van der Waals surface area contributed by atoms with E-state index in [1.54, 1.807) is 6.92 Å². The van der Waals surface area contributed by atoms with Crippen LogP contribution in [-0.4, -0.2) is 29.1 Å². The van der Waals surface area contributed by atoms with Gasteiger partial charge in [0.1, 0.15) is 11.3 Å². The lowest BCUT2D eigenvalue weighted by Gasteiger charge is -1.99. The van der Waals surface area contributed by atoms with Crippen LogP contribution in [0.5, 0.6) is 0 Å². The van der Waals surface area contributed by atoms with E-state index < -0.39 is 5.97 Å². The molecule has 0 saturated carbocycles. The number of hydrogen-bond donors (Lipinski definition) is 0. The zero-order valence-electron chi connectivity index (χ0n) is 8.40. The van der Waals surface area contributed by atoms with Crippen molar-refractivity contribution in [1.82, 2.24) is 9.78 Å². The maximum Gasteiger partial charge on any atom is 0.342 e. The van der Waals surface area contributed by atoms with Gasteiger partial charge < -0.3 is 4.74 Å². The Balaban J connectivity index is 3.33. The second-order valence-corrected chi connectivity index (χ2v) is 2.77. The third kappa shape index (κ3) is 1.53. The summed E-state index contributed by atoms with van der Waals surface area (Å²) in [5, 5.41) is 4.05. The van der Waals surface area contributed by atoms with Gasteiger partial charge in [-0.05, 0) is 13.8 Å². The lowest BCUT2D eigenvalue weighted by atomic mass is 10.2. The molecule has 5 nitrogen and oxygen atoms in total. The van der Waals surface area contributed by atoms with Crippen molar-refractivity contribution >= 4 is 12.3 Å². The van der Waals surface area contributed by atoms with Crippen LogP contribution in [0.2, 0.25) is 0 Å². The summed E-state index contributed by atoms with van der Waals surface area (Å²) >= 11 is 0. The summed E-state index contributed by atoms with van der Waals surface area (Å²) in [5.41, 5.74) is 1.04. The molecule has 14 heavy (non-hydrogen) atoms. The first-order chi connectivity index (χ1) is 6.65. The van der Waals surface area contributed by atoms with Gasteiger partial charge in [-0.3, -0.25) is 9.48 Å². The molecule has 0 saturated heterocycles. The van der Waals surface area contributed by atoms with Crippen molar-refractivity contribution in [1.29, 1.82) is 0 Å². The Labute approximate surface area is 81.7 Å². The van der Waals surface area contributed by atoms with Crippen LogP contribution >= 0.6 is 0 Å². The van der Waals surface area contributed by atoms with Gasteiger partial charge in [0.15, 0.2) is 6.29 Å². The molecule has 1 rings (SSSR count). The smallest absolute Gasteiger partial charge is 0.342 e. The zero-order chi connectivity index (χ0) is 10.7. The fraction of sp³-hybridized carbons (Fsp3) is 0.444. The molecule has 0 unspecified atom stereocenters. The van der Waals surface area contributed by atoms with Crippen molar-refractivity contribution in [3.8, 4) is 0 Å². The Morgan fingerprint density at radius 3 is 2.71 bits per heavy atom. The van der Waals surface area contributed by atoms with Gasteiger partial charge in [-0.25, -0.2) is 4.79 Å². The number of rotatable bonds is 3. The van der Waals surface area contributed by atoms with Crippen molar-refractivity contribution in [3.05, 3.63) is 17.0 Å². The Kier molecular flexibility index (Phi) is 3.01. The predicted octanol–water partition coefficient (Wildman–Crippen LogP) is 0.811. The van der Waals surface area contributed by atoms with Crippen LogP contribution in [0.1, 0.15) is 33.5 Å². The van der Waals surface area contributed by atoms with Crippen molar-refractivity contribution in [2.45, 2.75) is 20.4 Å². The molecule has 0 amide bonds. The van der Waals surface area contributed by atoms with Crippen LogP contribution in [0.15, 0.2) is 0 Å². The van der Waals surface area contributed by atoms with Gasteiger partial charge in [0.25, 0.3) is 0 Å². The molecule has 0 aliphatic heterocycles. The highest BCUT2D eigenvalue weighted by molar-refractivity contribution is 5.98. The Hall–Kier alpha value is -1.65. The van der Waals surface area contributed by atoms with Crippen LogP contribution in [0, 0.1) is 6.92 Å². The summed E-state index contributed by atoms with van der Waals surface area (Å²) < 4.78 is 6.05. The van der Waals surface area contributed by atoms with E-state index in [1.807, 2.05) is 6.92 Å². The number of carbonyl (C=O) groups is 2. The SMILES string of the molecule is CCn1nc(C)c(C(=O)OC)c1C=O. The van der Waals surface area contributed by atoms with Crippen molar-refractivity contribution in [3.63, 3.8) is 0 Å². The standard InChI is InChI=1S/C9H12N2O3/c1-4-11-7(5-12)8(6(2)10-11)9(13)14-3/h5H,4H2,1-3H3. The minimum absolute atomic E-state index is 0.254. The first-order valence-corrected chi connectivity index (χ1v) is 4.26. The summed E-state index contributed by atoms with van der Waals surface area (Å²) in [6, 6.07) is 0. The number of esters is 1. The molecule has 0 N–H and O–H groups in total. The third-order valence-corrected chi connectivity index (χ3v) is 1.97. The van der Waals surface area contributed by atoms with Crippen LogP contribution in [0.25, 0.3) is 0 Å². The second kappa shape index (κ2) is 4.04. The lowest BCUT2D eigenvalue weighted by molar-refractivity contribution is 0.0597. The summed E-state index contributed by atoms with van der Waals surface area (Å²) in [5.74, 6) is -0.524. The minimum Gasteiger partial charge on any atom is -0.465 e. The molecule has 1 aromatic heterocycles. The van der Waals surface area contributed by atoms with E-state index in [0.29, 0.717) is 18.5 Å². The van der Waals surface area contributed by atoms with E-state index in [0.717, 1.165) is 0 Å². The maximum absolute atomic E-state index is 11.3. The summed E-state index contributed by atoms with van der Waals surface area (Å²) in [4.78, 5) is 22.1. The first-order valence-electron chi connectivity index (χ1n) is 4.26. The highest BCUT2D eigenvalue weighted by Crippen LogP contribution is 2.13. The number of aryl methyl sites for hydroxylation is 2.